The molecule has 1 nitrogen and oxygen atoms in total. The fourth-order valence-corrected chi connectivity index (χ4v) is 0.842. The van der Waals surface area contributed by atoms with Gasteiger partial charge in [0.1, 0.15) is 11.6 Å². The smallest absolute Gasteiger partial charge is 0.163 e. The van der Waals surface area contributed by atoms with Crippen LogP contribution in [0.2, 0.25) is 0 Å². The van der Waals surface area contributed by atoms with Crippen molar-refractivity contribution in [1.82, 2.24) is 0 Å². The van der Waals surface area contributed by atoms with Crippen molar-refractivity contribution in [1.29, 1.82) is 0 Å². The largest absolute Gasteiger partial charge is 0.498 e. The van der Waals surface area contributed by atoms with Gasteiger partial charge in [-0.1, -0.05) is 0 Å². The summed E-state index contributed by atoms with van der Waals surface area (Å²) in [4.78, 5) is 0. The van der Waals surface area contributed by atoms with E-state index in [-0.39, 0.29) is 12.2 Å². The molecule has 0 aromatic heterocycles. The van der Waals surface area contributed by atoms with E-state index in [0.717, 1.165) is 6.08 Å². The minimum absolute atomic E-state index is 0.237. The molecule has 3 heteroatoms. The van der Waals surface area contributed by atoms with Crippen molar-refractivity contribution >= 4 is 0 Å². The van der Waals surface area contributed by atoms with Gasteiger partial charge in [-0.05, 0) is 0 Å². The summed E-state index contributed by atoms with van der Waals surface area (Å²) in [7, 11) is 1.38. The molecule has 0 aromatic rings. The Labute approximate surface area is 58.0 Å². The Kier molecular flexibility index (Phi) is 2.04. The van der Waals surface area contributed by atoms with E-state index in [1.165, 1.54) is 7.11 Å². The topological polar surface area (TPSA) is 9.23 Å². The molecular weight excluding hydrogens is 138 g/mol. The maximum absolute atomic E-state index is 12.5. The van der Waals surface area contributed by atoms with Crippen LogP contribution in [0, 0.1) is 0 Å². The fraction of sp³-hybridized carbons (Fsp3) is 0.429. The van der Waals surface area contributed by atoms with Crippen molar-refractivity contribution in [3.63, 3.8) is 0 Å². The second-order valence-electron chi connectivity index (χ2n) is 2.07. The summed E-state index contributed by atoms with van der Waals surface area (Å²) in [5.74, 6) is -0.772. The van der Waals surface area contributed by atoms with E-state index in [4.69, 9.17) is 0 Å². The van der Waals surface area contributed by atoms with Crippen molar-refractivity contribution in [3.05, 3.63) is 23.5 Å². The summed E-state index contributed by atoms with van der Waals surface area (Å²) >= 11 is 0. The van der Waals surface area contributed by atoms with Crippen LogP contribution in [-0.2, 0) is 4.74 Å². The Balaban J connectivity index is 2.80. The lowest BCUT2D eigenvalue weighted by molar-refractivity contribution is 0.257. The quantitative estimate of drug-likeness (QED) is 0.552. The van der Waals surface area contributed by atoms with Crippen LogP contribution in [0.3, 0.4) is 0 Å². The first-order valence-electron chi connectivity index (χ1n) is 3.02. The van der Waals surface area contributed by atoms with E-state index < -0.39 is 11.7 Å². The molecule has 0 aliphatic heterocycles. The van der Waals surface area contributed by atoms with Gasteiger partial charge in [0.25, 0.3) is 0 Å². The molecule has 10 heavy (non-hydrogen) atoms. The third-order valence-corrected chi connectivity index (χ3v) is 1.39. The zero-order chi connectivity index (χ0) is 7.56. The van der Waals surface area contributed by atoms with Crippen LogP contribution < -0.4 is 0 Å². The minimum atomic E-state index is -0.591. The summed E-state index contributed by atoms with van der Waals surface area (Å²) in [5, 5.41) is 0. The maximum atomic E-state index is 12.5. The number of allylic oxidation sites excluding steroid dienone is 4. The Morgan fingerprint density at radius 3 is 2.60 bits per heavy atom. The third-order valence-electron chi connectivity index (χ3n) is 1.39. The summed E-state index contributed by atoms with van der Waals surface area (Å²) in [6, 6.07) is 0. The standard InChI is InChI=1S/C7H8F2O/c1-10-7-3-2-5(8)4-6(7)9/h4H,2-3H2,1H3. The monoisotopic (exact) mass is 146 g/mol. The lowest BCUT2D eigenvalue weighted by Crippen LogP contribution is -1.95. The van der Waals surface area contributed by atoms with Crippen molar-refractivity contribution in [2.75, 3.05) is 7.11 Å². The van der Waals surface area contributed by atoms with E-state index in [0.29, 0.717) is 6.42 Å². The maximum Gasteiger partial charge on any atom is 0.163 e. The first-order chi connectivity index (χ1) is 4.74. The number of ether oxygens (including phenoxy) is 1. The number of hydrogen-bond donors (Lipinski definition) is 0. The minimum Gasteiger partial charge on any atom is -0.498 e. The molecule has 0 fully saturated rings. The number of hydrogen-bond acceptors (Lipinski definition) is 1. The van der Waals surface area contributed by atoms with Gasteiger partial charge in [-0.3, -0.25) is 0 Å². The molecule has 0 saturated heterocycles. The van der Waals surface area contributed by atoms with Crippen LogP contribution in [0.4, 0.5) is 8.78 Å². The second kappa shape index (κ2) is 2.82. The van der Waals surface area contributed by atoms with Crippen LogP contribution in [0.5, 0.6) is 0 Å². The molecule has 56 valence electrons. The molecule has 0 bridgehead atoms. The molecular formula is C7H8F2O. The van der Waals surface area contributed by atoms with Gasteiger partial charge in [-0.15, -0.1) is 0 Å². The van der Waals surface area contributed by atoms with Gasteiger partial charge in [-0.25, -0.2) is 8.78 Å². The molecule has 0 atom stereocenters. The van der Waals surface area contributed by atoms with Gasteiger partial charge in [-0.2, -0.15) is 0 Å². The Morgan fingerprint density at radius 2 is 2.10 bits per heavy atom. The fourth-order valence-electron chi connectivity index (χ4n) is 0.842. The first-order valence-corrected chi connectivity index (χ1v) is 3.02. The second-order valence-corrected chi connectivity index (χ2v) is 2.07. The zero-order valence-corrected chi connectivity index (χ0v) is 5.66. The molecule has 1 rings (SSSR count). The molecule has 0 saturated carbocycles. The number of halogens is 2. The van der Waals surface area contributed by atoms with Crippen molar-refractivity contribution in [3.8, 4) is 0 Å². The predicted molar refractivity (Wildman–Crippen MR) is 33.6 cm³/mol. The van der Waals surface area contributed by atoms with E-state index in [2.05, 4.69) is 4.74 Å². The SMILES string of the molecule is COC1=C(F)C=C(F)CC1. The van der Waals surface area contributed by atoms with Gasteiger partial charge in [0.15, 0.2) is 5.83 Å². The Morgan fingerprint density at radius 1 is 1.40 bits per heavy atom. The van der Waals surface area contributed by atoms with Crippen molar-refractivity contribution < 1.29 is 13.5 Å². The van der Waals surface area contributed by atoms with E-state index in [1.807, 2.05) is 0 Å². The highest BCUT2D eigenvalue weighted by Crippen LogP contribution is 2.25. The van der Waals surface area contributed by atoms with Gasteiger partial charge in [0.2, 0.25) is 0 Å². The third kappa shape index (κ3) is 1.35. The molecule has 0 N–H and O–H groups in total. The average molecular weight is 146 g/mol. The Bertz CT molecular complexity index is 194. The highest BCUT2D eigenvalue weighted by atomic mass is 19.1. The van der Waals surface area contributed by atoms with E-state index in [1.54, 1.807) is 0 Å². The highest BCUT2D eigenvalue weighted by molar-refractivity contribution is 5.22. The number of rotatable bonds is 1. The van der Waals surface area contributed by atoms with Crippen LogP contribution in [-0.4, -0.2) is 7.11 Å². The van der Waals surface area contributed by atoms with Crippen LogP contribution in [0.15, 0.2) is 23.5 Å². The molecule has 0 heterocycles. The van der Waals surface area contributed by atoms with Gasteiger partial charge in [0, 0.05) is 18.9 Å². The molecule has 0 unspecified atom stereocenters. The van der Waals surface area contributed by atoms with E-state index >= 15 is 0 Å². The molecule has 0 aromatic carbocycles. The van der Waals surface area contributed by atoms with Crippen LogP contribution in [0.1, 0.15) is 12.8 Å². The lowest BCUT2D eigenvalue weighted by Gasteiger charge is -2.09. The van der Waals surface area contributed by atoms with Crippen molar-refractivity contribution in [2.24, 2.45) is 0 Å². The summed E-state index contributed by atoms with van der Waals surface area (Å²) < 4.78 is 29.5. The molecule has 0 radical (unpaired) electrons. The summed E-state index contributed by atoms with van der Waals surface area (Å²) in [6.07, 6.45) is 1.43. The van der Waals surface area contributed by atoms with Crippen LogP contribution >= 0.6 is 0 Å². The molecule has 1 aliphatic rings. The van der Waals surface area contributed by atoms with Gasteiger partial charge >= 0.3 is 0 Å². The van der Waals surface area contributed by atoms with Crippen LogP contribution in [0.25, 0.3) is 0 Å². The molecule has 1 aliphatic carbocycles. The lowest BCUT2D eigenvalue weighted by atomic mass is 10.1. The number of methoxy groups -OCH3 is 1. The first kappa shape index (κ1) is 7.25. The summed E-state index contributed by atoms with van der Waals surface area (Å²) in [6.45, 7) is 0. The van der Waals surface area contributed by atoms with Gasteiger partial charge in [0.05, 0.1) is 7.11 Å². The Hall–Kier alpha value is -0.860. The molecule has 0 spiro atoms. The van der Waals surface area contributed by atoms with E-state index in [9.17, 15) is 8.78 Å². The zero-order valence-electron chi connectivity index (χ0n) is 5.66. The molecule has 0 amide bonds. The normalized spacial score (nSPS) is 18.9. The summed E-state index contributed by atoms with van der Waals surface area (Å²) in [5.41, 5.74) is 0. The van der Waals surface area contributed by atoms with Gasteiger partial charge < -0.3 is 4.74 Å². The highest BCUT2D eigenvalue weighted by Gasteiger charge is 2.12. The predicted octanol–water partition coefficient (Wildman–Crippen LogP) is 2.46. The average Bonchev–Trinajstić information content (AvgIpc) is 1.88. The van der Waals surface area contributed by atoms with Crippen molar-refractivity contribution in [2.45, 2.75) is 12.8 Å².